The van der Waals surface area contributed by atoms with Gasteiger partial charge in [0.25, 0.3) is 5.56 Å². The third-order valence-corrected chi connectivity index (χ3v) is 4.89. The van der Waals surface area contributed by atoms with Crippen molar-refractivity contribution >= 4 is 23.2 Å². The number of rotatable bonds is 3. The average Bonchev–Trinajstić information content (AvgIpc) is 2.61. The van der Waals surface area contributed by atoms with Gasteiger partial charge >= 0.3 is 6.18 Å². The molecule has 0 saturated carbocycles. The number of hydrogen-bond acceptors (Lipinski definition) is 4. The van der Waals surface area contributed by atoms with Crippen LogP contribution < -0.4 is 10.5 Å². The molecule has 6 nitrogen and oxygen atoms in total. The van der Waals surface area contributed by atoms with Gasteiger partial charge in [0.15, 0.2) is 0 Å². The van der Waals surface area contributed by atoms with E-state index in [9.17, 15) is 27.2 Å². The van der Waals surface area contributed by atoms with E-state index in [1.807, 2.05) is 0 Å². The van der Waals surface area contributed by atoms with Gasteiger partial charge in [0.1, 0.15) is 11.5 Å². The molecule has 0 unspecified atom stereocenters. The minimum absolute atomic E-state index is 0.0741. The van der Waals surface area contributed by atoms with E-state index in [4.69, 9.17) is 11.6 Å². The highest BCUT2D eigenvalue weighted by Gasteiger charge is 2.35. The second-order valence-corrected chi connectivity index (χ2v) is 6.71. The molecule has 1 N–H and O–H groups in total. The number of carbonyl (C=O) groups is 1. The Bertz CT molecular complexity index is 977. The van der Waals surface area contributed by atoms with E-state index in [2.05, 4.69) is 10.2 Å². The predicted molar refractivity (Wildman–Crippen MR) is 93.6 cm³/mol. The molecule has 1 amide bonds. The number of carbonyl (C=O) groups excluding carboxylic acids is 1. The second kappa shape index (κ2) is 7.42. The summed E-state index contributed by atoms with van der Waals surface area (Å²) in [6.45, 7) is 1.31. The molecular weight excluding hydrogens is 404 g/mol. The zero-order chi connectivity index (χ0) is 20.6. The summed E-state index contributed by atoms with van der Waals surface area (Å²) < 4.78 is 52.7. The van der Waals surface area contributed by atoms with Crippen LogP contribution in [0.15, 0.2) is 23.0 Å². The number of nitrogens with one attached hydrogen (secondary N) is 1. The molecule has 1 aliphatic rings. The molecule has 0 atom stereocenters. The topological polar surface area (TPSA) is 69.3 Å². The van der Waals surface area contributed by atoms with Crippen LogP contribution in [0.5, 0.6) is 0 Å². The lowest BCUT2D eigenvalue weighted by Crippen LogP contribution is -2.51. The second-order valence-electron chi connectivity index (χ2n) is 6.34. The number of anilines is 1. The van der Waals surface area contributed by atoms with Gasteiger partial charge in [-0.05, 0) is 24.6 Å². The fourth-order valence-corrected chi connectivity index (χ4v) is 3.26. The number of H-pyrrole nitrogens is 1. The lowest BCUT2D eigenvalue weighted by Gasteiger charge is -2.35. The molecule has 0 bridgehead atoms. The van der Waals surface area contributed by atoms with E-state index >= 15 is 0 Å². The summed E-state index contributed by atoms with van der Waals surface area (Å²) in [6, 6.07) is 2.35. The fraction of sp³-hybridized carbons (Fsp3) is 0.353. The Morgan fingerprint density at radius 1 is 1.25 bits per heavy atom. The maximum Gasteiger partial charge on any atom is 0.416 e. The summed E-state index contributed by atoms with van der Waals surface area (Å²) >= 11 is 6.12. The van der Waals surface area contributed by atoms with Crippen LogP contribution in [0.25, 0.3) is 0 Å². The van der Waals surface area contributed by atoms with E-state index in [0.717, 1.165) is 12.1 Å². The molecule has 1 aromatic heterocycles. The number of nitrogens with zero attached hydrogens (tertiary/aromatic N) is 3. The largest absolute Gasteiger partial charge is 0.416 e. The molecule has 0 radical (unpaired) electrons. The molecule has 1 aromatic carbocycles. The summed E-state index contributed by atoms with van der Waals surface area (Å²) in [7, 11) is 0. The fourth-order valence-electron chi connectivity index (χ4n) is 3.01. The van der Waals surface area contributed by atoms with Gasteiger partial charge in [-0.1, -0.05) is 17.7 Å². The SMILES string of the molecule is Cc1n[nH]c(=O)c(N2CCN(Cc3ccc(F)cc3C(F)(F)F)C(=O)C2)c1Cl. The minimum atomic E-state index is -4.74. The number of aryl methyl sites for hydroxylation is 1. The number of aromatic nitrogens is 2. The Balaban J connectivity index is 1.81. The van der Waals surface area contributed by atoms with Crippen LogP contribution in [0.3, 0.4) is 0 Å². The first-order chi connectivity index (χ1) is 13.1. The van der Waals surface area contributed by atoms with Gasteiger partial charge in [0.05, 0.1) is 22.8 Å². The van der Waals surface area contributed by atoms with Crippen LogP contribution in [0.1, 0.15) is 16.8 Å². The maximum absolute atomic E-state index is 13.2. The van der Waals surface area contributed by atoms with Crippen molar-refractivity contribution in [2.24, 2.45) is 0 Å². The van der Waals surface area contributed by atoms with Crippen molar-refractivity contribution in [3.8, 4) is 0 Å². The first-order valence-electron chi connectivity index (χ1n) is 8.21. The van der Waals surface area contributed by atoms with Crippen LogP contribution in [0.4, 0.5) is 23.2 Å². The maximum atomic E-state index is 13.2. The van der Waals surface area contributed by atoms with Gasteiger partial charge in [0, 0.05) is 19.6 Å². The van der Waals surface area contributed by atoms with Gasteiger partial charge in [-0.2, -0.15) is 18.3 Å². The van der Waals surface area contributed by atoms with Crippen LogP contribution in [0.2, 0.25) is 5.02 Å². The molecule has 0 aliphatic carbocycles. The minimum Gasteiger partial charge on any atom is -0.355 e. The third kappa shape index (κ3) is 3.96. The standard InChI is InChI=1S/C17H15ClF4N4O2/c1-9-14(18)15(16(28)24-23-9)26-5-4-25(13(27)8-26)7-10-2-3-11(19)6-12(10)17(20,21)22/h2-3,6H,4-5,7-8H2,1H3,(H,24,28). The Hall–Kier alpha value is -2.62. The number of halogens is 5. The zero-order valence-corrected chi connectivity index (χ0v) is 15.4. The summed E-state index contributed by atoms with van der Waals surface area (Å²) in [4.78, 5) is 27.2. The monoisotopic (exact) mass is 418 g/mol. The molecule has 2 aromatic rings. The Morgan fingerprint density at radius 3 is 2.61 bits per heavy atom. The molecule has 2 heterocycles. The van der Waals surface area contributed by atoms with E-state index in [1.54, 1.807) is 6.92 Å². The number of hydrogen-bond donors (Lipinski definition) is 1. The van der Waals surface area contributed by atoms with E-state index in [1.165, 1.54) is 9.80 Å². The van der Waals surface area contributed by atoms with Crippen molar-refractivity contribution in [3.05, 3.63) is 56.2 Å². The van der Waals surface area contributed by atoms with Gasteiger partial charge in [0.2, 0.25) is 5.91 Å². The van der Waals surface area contributed by atoms with Gasteiger partial charge in [-0.3, -0.25) is 9.59 Å². The Kier molecular flexibility index (Phi) is 5.33. The number of piperazine rings is 1. The number of amides is 1. The van der Waals surface area contributed by atoms with Crippen molar-refractivity contribution in [2.75, 3.05) is 24.5 Å². The van der Waals surface area contributed by atoms with E-state index in [-0.39, 0.29) is 42.5 Å². The molecule has 1 aliphatic heterocycles. The quantitative estimate of drug-likeness (QED) is 0.778. The smallest absolute Gasteiger partial charge is 0.355 e. The molecule has 1 saturated heterocycles. The molecular formula is C17H15ClF4N4O2. The summed E-state index contributed by atoms with van der Waals surface area (Å²) in [5, 5.41) is 6.13. The van der Waals surface area contributed by atoms with Crippen molar-refractivity contribution in [1.82, 2.24) is 15.1 Å². The highest BCUT2D eigenvalue weighted by Crippen LogP contribution is 2.33. The van der Waals surface area contributed by atoms with Crippen molar-refractivity contribution in [1.29, 1.82) is 0 Å². The van der Waals surface area contributed by atoms with Crippen molar-refractivity contribution < 1.29 is 22.4 Å². The molecule has 11 heteroatoms. The Morgan fingerprint density at radius 2 is 1.96 bits per heavy atom. The molecule has 1 fully saturated rings. The van der Waals surface area contributed by atoms with Crippen LogP contribution in [0, 0.1) is 12.7 Å². The van der Waals surface area contributed by atoms with Gasteiger partial charge in [-0.25, -0.2) is 9.49 Å². The molecule has 28 heavy (non-hydrogen) atoms. The number of alkyl halides is 3. The van der Waals surface area contributed by atoms with Gasteiger partial charge < -0.3 is 9.80 Å². The normalized spacial score (nSPS) is 15.3. The highest BCUT2D eigenvalue weighted by molar-refractivity contribution is 6.33. The first-order valence-corrected chi connectivity index (χ1v) is 8.59. The predicted octanol–water partition coefficient (Wildman–Crippen LogP) is 2.74. The van der Waals surface area contributed by atoms with E-state index < -0.39 is 29.0 Å². The van der Waals surface area contributed by atoms with Gasteiger partial charge in [-0.15, -0.1) is 0 Å². The molecule has 150 valence electrons. The third-order valence-electron chi connectivity index (χ3n) is 4.44. The summed E-state index contributed by atoms with van der Waals surface area (Å²) in [5.41, 5.74) is -1.40. The van der Waals surface area contributed by atoms with Crippen molar-refractivity contribution in [3.63, 3.8) is 0 Å². The summed E-state index contributed by atoms with van der Waals surface area (Å²) in [6.07, 6.45) is -4.74. The van der Waals surface area contributed by atoms with Crippen molar-refractivity contribution in [2.45, 2.75) is 19.6 Å². The van der Waals surface area contributed by atoms with Crippen LogP contribution >= 0.6 is 11.6 Å². The average molecular weight is 419 g/mol. The lowest BCUT2D eigenvalue weighted by atomic mass is 10.1. The summed E-state index contributed by atoms with van der Waals surface area (Å²) in [5.74, 6) is -1.48. The van der Waals surface area contributed by atoms with Crippen LogP contribution in [-0.2, 0) is 17.5 Å². The first kappa shape index (κ1) is 20.1. The lowest BCUT2D eigenvalue weighted by molar-refractivity contribution is -0.140. The molecule has 3 rings (SSSR count). The number of aromatic amines is 1. The Labute approximate surface area is 161 Å². The molecule has 0 spiro atoms. The van der Waals surface area contributed by atoms with Crippen LogP contribution in [-0.4, -0.2) is 40.6 Å². The number of benzene rings is 1. The highest BCUT2D eigenvalue weighted by atomic mass is 35.5. The van der Waals surface area contributed by atoms with E-state index in [0.29, 0.717) is 11.8 Å². The zero-order valence-electron chi connectivity index (χ0n) is 14.6.